The summed E-state index contributed by atoms with van der Waals surface area (Å²) in [6.45, 7) is 0.704. The second-order valence-electron chi connectivity index (χ2n) is 8.00. The first-order chi connectivity index (χ1) is 15.4. The Morgan fingerprint density at radius 3 is 2.81 bits per heavy atom. The van der Waals surface area contributed by atoms with Gasteiger partial charge in [0.05, 0.1) is 36.1 Å². The van der Waals surface area contributed by atoms with E-state index < -0.39 is 10.0 Å². The Balaban J connectivity index is 1.45. The third kappa shape index (κ3) is 5.72. The van der Waals surface area contributed by atoms with Gasteiger partial charge in [-0.15, -0.1) is 0 Å². The summed E-state index contributed by atoms with van der Waals surface area (Å²) in [5.41, 5.74) is 0.849. The van der Waals surface area contributed by atoms with E-state index >= 15 is 0 Å². The van der Waals surface area contributed by atoms with Crippen LogP contribution < -0.4 is 14.8 Å². The number of nitrogens with one attached hydrogen (secondary N) is 2. The number of sulfonamides is 1. The lowest BCUT2D eigenvalue weighted by atomic mass is 9.93. The molecule has 0 unspecified atom stereocenters. The van der Waals surface area contributed by atoms with Crippen LogP contribution in [-0.4, -0.2) is 64.8 Å². The molecule has 0 radical (unpaired) electrons. The number of benzene rings is 1. The first kappa shape index (κ1) is 22.4. The van der Waals surface area contributed by atoms with Crippen molar-refractivity contribution in [3.05, 3.63) is 36.7 Å². The zero-order chi connectivity index (χ0) is 22.6. The number of fused-ring (bicyclic) bond motifs is 1. The van der Waals surface area contributed by atoms with Crippen LogP contribution in [0.25, 0.3) is 16.7 Å². The van der Waals surface area contributed by atoms with Gasteiger partial charge in [-0.3, -0.25) is 0 Å². The van der Waals surface area contributed by atoms with Gasteiger partial charge in [0.25, 0.3) is 0 Å². The maximum atomic E-state index is 11.1. The first-order valence-electron chi connectivity index (χ1n) is 10.7. The van der Waals surface area contributed by atoms with E-state index in [-0.39, 0.29) is 12.1 Å². The largest absolute Gasteiger partial charge is 0.493 e. The summed E-state index contributed by atoms with van der Waals surface area (Å²) in [5.74, 6) is 1.86. The number of hydrogen-bond donors (Lipinski definition) is 3. The summed E-state index contributed by atoms with van der Waals surface area (Å²) in [6, 6.07) is 7.74. The van der Waals surface area contributed by atoms with Crippen molar-refractivity contribution in [3.8, 4) is 11.6 Å². The zero-order valence-electron chi connectivity index (χ0n) is 17.9. The maximum Gasteiger partial charge on any atom is 0.224 e. The first-order valence-corrected chi connectivity index (χ1v) is 12.6. The third-order valence-corrected chi connectivity index (χ3v) is 6.13. The van der Waals surface area contributed by atoms with Crippen molar-refractivity contribution >= 4 is 26.9 Å². The molecule has 32 heavy (non-hydrogen) atoms. The molecule has 2 heterocycles. The van der Waals surface area contributed by atoms with Crippen molar-refractivity contribution in [3.63, 3.8) is 0 Å². The van der Waals surface area contributed by atoms with Gasteiger partial charge in [-0.2, -0.15) is 10.1 Å². The minimum Gasteiger partial charge on any atom is -0.493 e. The SMILES string of the molecule is CS(=O)(=O)NCCCOc1cccc2c1cnn2-c1ccnc(NC2CCC(O)CC2)n1. The van der Waals surface area contributed by atoms with Gasteiger partial charge in [-0.1, -0.05) is 6.07 Å². The van der Waals surface area contributed by atoms with Crippen LogP contribution in [0.3, 0.4) is 0 Å². The second-order valence-corrected chi connectivity index (χ2v) is 9.84. The fourth-order valence-electron chi connectivity index (χ4n) is 3.78. The monoisotopic (exact) mass is 460 g/mol. The molecular formula is C21H28N6O4S. The highest BCUT2D eigenvalue weighted by Crippen LogP contribution is 2.27. The molecule has 3 N–H and O–H groups in total. The smallest absolute Gasteiger partial charge is 0.224 e. The zero-order valence-corrected chi connectivity index (χ0v) is 18.8. The summed E-state index contributed by atoms with van der Waals surface area (Å²) in [4.78, 5) is 8.96. The molecule has 0 aliphatic heterocycles. The van der Waals surface area contributed by atoms with Crippen molar-refractivity contribution in [2.75, 3.05) is 24.7 Å². The van der Waals surface area contributed by atoms with E-state index in [4.69, 9.17) is 4.74 Å². The Hall–Kier alpha value is -2.76. The van der Waals surface area contributed by atoms with Gasteiger partial charge in [0.2, 0.25) is 16.0 Å². The van der Waals surface area contributed by atoms with Gasteiger partial charge >= 0.3 is 0 Å². The molecule has 0 spiro atoms. The number of nitrogens with zero attached hydrogens (tertiary/aromatic N) is 4. The van der Waals surface area contributed by atoms with Crippen LogP contribution in [0, 0.1) is 0 Å². The Kier molecular flexibility index (Phi) is 6.87. The van der Waals surface area contributed by atoms with E-state index in [1.807, 2.05) is 18.2 Å². The van der Waals surface area contributed by atoms with Crippen LogP contribution in [0.5, 0.6) is 5.75 Å². The number of aromatic nitrogens is 4. The van der Waals surface area contributed by atoms with Gasteiger partial charge in [0.15, 0.2) is 5.82 Å². The molecule has 2 aromatic heterocycles. The van der Waals surface area contributed by atoms with Crippen LogP contribution >= 0.6 is 0 Å². The molecule has 1 saturated carbocycles. The van der Waals surface area contributed by atoms with E-state index in [0.29, 0.717) is 37.1 Å². The van der Waals surface area contributed by atoms with Gasteiger partial charge < -0.3 is 15.2 Å². The number of aliphatic hydroxyl groups excluding tert-OH is 1. The van der Waals surface area contributed by atoms with E-state index in [1.165, 1.54) is 0 Å². The standard InChI is InChI=1S/C21H28N6O4S/c1-32(29,30)24-11-3-13-31-19-5-2-4-18-17(19)14-23-27(18)20-10-12-22-21(26-20)25-15-6-8-16(28)9-7-15/h2,4-5,10,12,14-16,24,28H,3,6-9,11,13H2,1H3,(H,22,25,26). The molecule has 0 amide bonds. The average Bonchev–Trinajstić information content (AvgIpc) is 3.20. The number of hydrogen-bond acceptors (Lipinski definition) is 8. The molecule has 4 rings (SSSR count). The molecule has 0 bridgehead atoms. The molecular weight excluding hydrogens is 432 g/mol. The van der Waals surface area contributed by atoms with Crippen molar-refractivity contribution in [1.82, 2.24) is 24.5 Å². The summed E-state index contributed by atoms with van der Waals surface area (Å²) >= 11 is 0. The summed E-state index contributed by atoms with van der Waals surface area (Å²) in [5, 5.41) is 18.4. The minimum atomic E-state index is -3.19. The Morgan fingerprint density at radius 1 is 1.22 bits per heavy atom. The molecule has 172 valence electrons. The van der Waals surface area contributed by atoms with Crippen LogP contribution in [0.15, 0.2) is 36.7 Å². The van der Waals surface area contributed by atoms with Crippen LogP contribution in [0.4, 0.5) is 5.95 Å². The van der Waals surface area contributed by atoms with Crippen molar-refractivity contribution in [2.45, 2.75) is 44.2 Å². The molecule has 0 saturated heterocycles. The van der Waals surface area contributed by atoms with Gasteiger partial charge in [-0.05, 0) is 44.2 Å². The third-order valence-electron chi connectivity index (χ3n) is 5.40. The van der Waals surface area contributed by atoms with Crippen LogP contribution in [0.2, 0.25) is 0 Å². The molecule has 1 aliphatic carbocycles. The fourth-order valence-corrected chi connectivity index (χ4v) is 4.30. The molecule has 1 aromatic carbocycles. The Bertz CT molecular complexity index is 1160. The van der Waals surface area contributed by atoms with Crippen molar-refractivity contribution < 1.29 is 18.3 Å². The number of rotatable bonds is 9. The highest BCUT2D eigenvalue weighted by Gasteiger charge is 2.20. The molecule has 1 aliphatic rings. The fraction of sp³-hybridized carbons (Fsp3) is 0.476. The molecule has 3 aromatic rings. The van der Waals surface area contributed by atoms with E-state index in [1.54, 1.807) is 23.1 Å². The van der Waals surface area contributed by atoms with E-state index in [0.717, 1.165) is 42.8 Å². The van der Waals surface area contributed by atoms with Crippen LogP contribution in [-0.2, 0) is 10.0 Å². The molecule has 1 fully saturated rings. The van der Waals surface area contributed by atoms with E-state index in [2.05, 4.69) is 25.1 Å². The predicted octanol–water partition coefficient (Wildman–Crippen LogP) is 1.85. The molecule has 10 nitrogen and oxygen atoms in total. The van der Waals surface area contributed by atoms with Gasteiger partial charge in [0, 0.05) is 24.8 Å². The quantitative estimate of drug-likeness (QED) is 0.412. The molecule has 0 atom stereocenters. The Morgan fingerprint density at radius 2 is 2.03 bits per heavy atom. The van der Waals surface area contributed by atoms with Crippen molar-refractivity contribution in [1.29, 1.82) is 0 Å². The average molecular weight is 461 g/mol. The lowest BCUT2D eigenvalue weighted by Crippen LogP contribution is -2.29. The normalized spacial score (nSPS) is 19.2. The van der Waals surface area contributed by atoms with Crippen molar-refractivity contribution in [2.24, 2.45) is 0 Å². The number of aliphatic hydroxyl groups is 1. The highest BCUT2D eigenvalue weighted by molar-refractivity contribution is 7.88. The summed E-state index contributed by atoms with van der Waals surface area (Å²) in [7, 11) is -3.19. The number of anilines is 1. The topological polar surface area (TPSA) is 131 Å². The Labute approximate surface area is 187 Å². The second kappa shape index (κ2) is 9.80. The summed E-state index contributed by atoms with van der Waals surface area (Å²) in [6.07, 6.45) is 8.26. The predicted molar refractivity (Wildman–Crippen MR) is 122 cm³/mol. The maximum absolute atomic E-state index is 11.1. The van der Waals surface area contributed by atoms with Crippen LogP contribution in [0.1, 0.15) is 32.1 Å². The van der Waals surface area contributed by atoms with Gasteiger partial charge in [-0.25, -0.2) is 22.8 Å². The lowest BCUT2D eigenvalue weighted by molar-refractivity contribution is 0.126. The lowest BCUT2D eigenvalue weighted by Gasteiger charge is -2.26. The highest BCUT2D eigenvalue weighted by atomic mass is 32.2. The van der Waals surface area contributed by atoms with E-state index in [9.17, 15) is 13.5 Å². The molecule has 11 heteroatoms. The number of ether oxygens (including phenoxy) is 1. The summed E-state index contributed by atoms with van der Waals surface area (Å²) < 4.78 is 32.3. The minimum absolute atomic E-state index is 0.205. The van der Waals surface area contributed by atoms with Gasteiger partial charge in [0.1, 0.15) is 5.75 Å².